The van der Waals surface area contributed by atoms with Crippen LogP contribution in [0.25, 0.3) is 0 Å². The Kier molecular flexibility index (Phi) is 1.96. The molecule has 1 heterocycles. The Morgan fingerprint density at radius 1 is 1.36 bits per heavy atom. The zero-order valence-corrected chi connectivity index (χ0v) is 6.87. The van der Waals surface area contributed by atoms with Crippen LogP contribution in [0.5, 0.6) is 0 Å². The summed E-state index contributed by atoms with van der Waals surface area (Å²) in [4.78, 5) is 2.41. The van der Waals surface area contributed by atoms with Crippen LogP contribution in [-0.2, 0) is 0 Å². The van der Waals surface area contributed by atoms with Crippen LogP contribution in [0.2, 0.25) is 0 Å². The third kappa shape index (κ3) is 1.82. The van der Waals surface area contributed by atoms with Gasteiger partial charge in [-0.1, -0.05) is 12.2 Å². The van der Waals surface area contributed by atoms with Gasteiger partial charge in [0.25, 0.3) is 0 Å². The number of nitrogens with two attached hydrogens (primary N) is 1. The molecule has 0 aromatic carbocycles. The van der Waals surface area contributed by atoms with Crippen LogP contribution in [0.1, 0.15) is 12.8 Å². The van der Waals surface area contributed by atoms with Gasteiger partial charge in [-0.2, -0.15) is 0 Å². The van der Waals surface area contributed by atoms with Crippen molar-refractivity contribution in [2.24, 2.45) is 11.7 Å². The van der Waals surface area contributed by atoms with Gasteiger partial charge in [-0.3, -0.25) is 4.90 Å². The summed E-state index contributed by atoms with van der Waals surface area (Å²) in [6.45, 7) is 3.32. The lowest BCUT2D eigenvalue weighted by atomic mass is 10.2. The topological polar surface area (TPSA) is 29.3 Å². The molecule has 2 N–H and O–H groups in total. The van der Waals surface area contributed by atoms with Crippen molar-refractivity contribution in [1.29, 1.82) is 0 Å². The summed E-state index contributed by atoms with van der Waals surface area (Å²) in [5, 5.41) is 0. The molecule has 2 aliphatic rings. The standard InChI is InChI=1S/C9H16N2/c10-9(8-3-4-8)7-11-5-1-2-6-11/h1-2,8-9H,3-7,10H2. The highest BCUT2D eigenvalue weighted by Crippen LogP contribution is 2.31. The zero-order chi connectivity index (χ0) is 7.68. The monoisotopic (exact) mass is 152 g/mol. The predicted octanol–water partition coefficient (Wildman–Crippen LogP) is 0.595. The molecule has 2 nitrogen and oxygen atoms in total. The lowest BCUT2D eigenvalue weighted by Crippen LogP contribution is -2.37. The fourth-order valence-corrected chi connectivity index (χ4v) is 1.64. The van der Waals surface area contributed by atoms with Crippen molar-refractivity contribution in [3.8, 4) is 0 Å². The molecular weight excluding hydrogens is 136 g/mol. The van der Waals surface area contributed by atoms with Crippen molar-refractivity contribution in [3.63, 3.8) is 0 Å². The molecule has 1 aliphatic heterocycles. The third-order valence-electron chi connectivity index (χ3n) is 2.59. The Balaban J connectivity index is 1.71. The molecule has 0 amide bonds. The minimum absolute atomic E-state index is 0.440. The molecule has 1 fully saturated rings. The van der Waals surface area contributed by atoms with Crippen molar-refractivity contribution in [2.45, 2.75) is 18.9 Å². The van der Waals surface area contributed by atoms with E-state index in [0.29, 0.717) is 6.04 Å². The summed E-state index contributed by atoms with van der Waals surface area (Å²) in [6.07, 6.45) is 7.17. The van der Waals surface area contributed by atoms with E-state index in [1.165, 1.54) is 12.8 Å². The lowest BCUT2D eigenvalue weighted by molar-refractivity contribution is 0.313. The maximum atomic E-state index is 5.99. The van der Waals surface area contributed by atoms with Crippen LogP contribution in [0.4, 0.5) is 0 Å². The molecule has 62 valence electrons. The number of nitrogens with zero attached hydrogens (tertiary/aromatic N) is 1. The maximum Gasteiger partial charge on any atom is 0.0196 e. The Bertz CT molecular complexity index is 153. The highest BCUT2D eigenvalue weighted by atomic mass is 15.1. The van der Waals surface area contributed by atoms with Crippen molar-refractivity contribution in [1.82, 2.24) is 4.90 Å². The van der Waals surface area contributed by atoms with E-state index in [1.807, 2.05) is 0 Å². The Morgan fingerprint density at radius 3 is 2.55 bits per heavy atom. The molecule has 2 rings (SSSR count). The second kappa shape index (κ2) is 2.95. The van der Waals surface area contributed by atoms with E-state index in [1.54, 1.807) is 0 Å². The summed E-state index contributed by atoms with van der Waals surface area (Å²) < 4.78 is 0. The summed E-state index contributed by atoms with van der Waals surface area (Å²) in [7, 11) is 0. The highest BCUT2D eigenvalue weighted by Gasteiger charge is 2.29. The van der Waals surface area contributed by atoms with Gasteiger partial charge in [0, 0.05) is 25.7 Å². The molecular formula is C9H16N2. The van der Waals surface area contributed by atoms with Crippen LogP contribution in [0, 0.1) is 5.92 Å². The van der Waals surface area contributed by atoms with Crippen molar-refractivity contribution in [3.05, 3.63) is 12.2 Å². The quantitative estimate of drug-likeness (QED) is 0.600. The molecule has 1 aliphatic carbocycles. The van der Waals surface area contributed by atoms with E-state index >= 15 is 0 Å². The molecule has 0 spiro atoms. The molecule has 0 aromatic heterocycles. The van der Waals surface area contributed by atoms with Crippen LogP contribution in [0.15, 0.2) is 12.2 Å². The second-order valence-electron chi connectivity index (χ2n) is 3.69. The predicted molar refractivity (Wildman–Crippen MR) is 46.3 cm³/mol. The third-order valence-corrected chi connectivity index (χ3v) is 2.59. The van der Waals surface area contributed by atoms with Gasteiger partial charge in [0.1, 0.15) is 0 Å². The van der Waals surface area contributed by atoms with Crippen molar-refractivity contribution < 1.29 is 0 Å². The van der Waals surface area contributed by atoms with Crippen molar-refractivity contribution in [2.75, 3.05) is 19.6 Å². The lowest BCUT2D eigenvalue weighted by Gasteiger charge is -2.19. The van der Waals surface area contributed by atoms with Gasteiger partial charge in [0.05, 0.1) is 0 Å². The van der Waals surface area contributed by atoms with Gasteiger partial charge in [0.2, 0.25) is 0 Å². The summed E-state index contributed by atoms with van der Waals surface area (Å²) in [5.74, 6) is 0.843. The Hall–Kier alpha value is -0.340. The fraction of sp³-hybridized carbons (Fsp3) is 0.778. The average molecular weight is 152 g/mol. The normalized spacial score (nSPS) is 27.7. The first-order valence-electron chi connectivity index (χ1n) is 4.49. The smallest absolute Gasteiger partial charge is 0.0196 e. The van der Waals surface area contributed by atoms with Gasteiger partial charge < -0.3 is 5.73 Å². The Morgan fingerprint density at radius 2 is 2.00 bits per heavy atom. The fourth-order valence-electron chi connectivity index (χ4n) is 1.64. The molecule has 2 heteroatoms. The molecule has 0 radical (unpaired) electrons. The van der Waals surface area contributed by atoms with Gasteiger partial charge >= 0.3 is 0 Å². The van der Waals surface area contributed by atoms with E-state index < -0.39 is 0 Å². The zero-order valence-electron chi connectivity index (χ0n) is 6.87. The summed E-state index contributed by atoms with van der Waals surface area (Å²) >= 11 is 0. The molecule has 0 bridgehead atoms. The number of hydrogen-bond donors (Lipinski definition) is 1. The molecule has 1 unspecified atom stereocenters. The van der Waals surface area contributed by atoms with Gasteiger partial charge in [-0.25, -0.2) is 0 Å². The first-order chi connectivity index (χ1) is 5.36. The van der Waals surface area contributed by atoms with E-state index in [9.17, 15) is 0 Å². The van der Waals surface area contributed by atoms with Gasteiger partial charge in [0.15, 0.2) is 0 Å². The largest absolute Gasteiger partial charge is 0.326 e. The van der Waals surface area contributed by atoms with E-state index in [4.69, 9.17) is 5.73 Å². The molecule has 11 heavy (non-hydrogen) atoms. The maximum absolute atomic E-state index is 5.99. The minimum Gasteiger partial charge on any atom is -0.326 e. The van der Waals surface area contributed by atoms with Gasteiger partial charge in [-0.05, 0) is 18.8 Å². The summed E-state index contributed by atoms with van der Waals surface area (Å²) in [5.41, 5.74) is 5.99. The number of hydrogen-bond acceptors (Lipinski definition) is 2. The van der Waals surface area contributed by atoms with Crippen LogP contribution in [0.3, 0.4) is 0 Å². The van der Waals surface area contributed by atoms with Crippen LogP contribution < -0.4 is 5.73 Å². The Labute approximate surface area is 68.1 Å². The van der Waals surface area contributed by atoms with Gasteiger partial charge in [-0.15, -0.1) is 0 Å². The highest BCUT2D eigenvalue weighted by molar-refractivity contribution is 4.97. The van der Waals surface area contributed by atoms with E-state index in [-0.39, 0.29) is 0 Å². The molecule has 1 saturated carbocycles. The average Bonchev–Trinajstić information content (AvgIpc) is 2.73. The first kappa shape index (κ1) is 7.32. The van der Waals surface area contributed by atoms with E-state index in [0.717, 1.165) is 25.6 Å². The summed E-state index contributed by atoms with van der Waals surface area (Å²) in [6, 6.07) is 0.440. The second-order valence-corrected chi connectivity index (χ2v) is 3.69. The first-order valence-corrected chi connectivity index (χ1v) is 4.49. The van der Waals surface area contributed by atoms with E-state index in [2.05, 4.69) is 17.1 Å². The molecule has 0 aromatic rings. The van der Waals surface area contributed by atoms with Crippen LogP contribution in [-0.4, -0.2) is 30.6 Å². The van der Waals surface area contributed by atoms with Crippen LogP contribution >= 0.6 is 0 Å². The minimum atomic E-state index is 0.440. The molecule has 1 atom stereocenters. The SMILES string of the molecule is NC(CN1CC=CC1)C1CC1. The number of rotatable bonds is 3. The van der Waals surface area contributed by atoms with Crippen molar-refractivity contribution >= 4 is 0 Å². The molecule has 0 saturated heterocycles.